The molecule has 0 spiro atoms. The van der Waals surface area contributed by atoms with Crippen molar-refractivity contribution < 1.29 is 4.74 Å². The van der Waals surface area contributed by atoms with Gasteiger partial charge in [0.15, 0.2) is 0 Å². The van der Waals surface area contributed by atoms with E-state index in [9.17, 15) is 0 Å². The number of rotatable bonds is 5. The van der Waals surface area contributed by atoms with Gasteiger partial charge in [-0.25, -0.2) is 0 Å². The quantitative estimate of drug-likeness (QED) is 0.414. The Morgan fingerprint density at radius 2 is 1.57 bits per heavy atom. The number of epoxide rings is 1. The van der Waals surface area contributed by atoms with Crippen molar-refractivity contribution in [3.8, 4) is 0 Å². The Bertz CT molecular complexity index is 626. The second-order valence-corrected chi connectivity index (χ2v) is 13.4. The van der Waals surface area contributed by atoms with Gasteiger partial charge in [-0.2, -0.15) is 0 Å². The smallest absolute Gasteiger partial charge is 0.0875 e. The first-order valence-electron chi connectivity index (χ1n) is 14.0. The standard InChI is InChI=1S/C29H50O/c1-7-21(18(2)3)27-26(30-27)19(4)23-13-14-24-22-12-11-20-10-8-9-16-28(20,5)25(22)15-17-29(23,24)6/h18-27H,7-17H2,1-6H3. The van der Waals surface area contributed by atoms with Crippen LogP contribution >= 0.6 is 0 Å². The van der Waals surface area contributed by atoms with E-state index in [0.29, 0.717) is 23.0 Å². The predicted octanol–water partition coefficient (Wildman–Crippen LogP) is 8.12. The van der Waals surface area contributed by atoms with Crippen LogP contribution in [0.1, 0.15) is 112 Å². The molecule has 0 aromatic carbocycles. The molecule has 1 aliphatic heterocycles. The normalized spacial score (nSPS) is 52.3. The van der Waals surface area contributed by atoms with Gasteiger partial charge in [0.1, 0.15) is 0 Å². The summed E-state index contributed by atoms with van der Waals surface area (Å²) in [6.45, 7) is 15.2. The summed E-state index contributed by atoms with van der Waals surface area (Å²) in [7, 11) is 0. The van der Waals surface area contributed by atoms with Gasteiger partial charge in [-0.1, -0.05) is 60.8 Å². The van der Waals surface area contributed by atoms with Crippen molar-refractivity contribution in [2.24, 2.45) is 58.2 Å². The van der Waals surface area contributed by atoms with E-state index in [1.165, 1.54) is 57.8 Å². The molecule has 4 saturated carbocycles. The van der Waals surface area contributed by atoms with Crippen molar-refractivity contribution in [3.63, 3.8) is 0 Å². The van der Waals surface area contributed by atoms with Crippen LogP contribution in [0.25, 0.3) is 0 Å². The monoisotopic (exact) mass is 414 g/mol. The lowest BCUT2D eigenvalue weighted by Crippen LogP contribution is -2.53. The third-order valence-corrected chi connectivity index (χ3v) is 12.1. The molecule has 1 heterocycles. The number of fused-ring (bicyclic) bond motifs is 5. The maximum absolute atomic E-state index is 6.42. The molecule has 11 unspecified atom stereocenters. The van der Waals surface area contributed by atoms with Crippen LogP contribution in [-0.2, 0) is 4.74 Å². The minimum atomic E-state index is 0.556. The van der Waals surface area contributed by atoms with E-state index >= 15 is 0 Å². The van der Waals surface area contributed by atoms with Crippen LogP contribution in [-0.4, -0.2) is 12.2 Å². The highest BCUT2D eigenvalue weighted by atomic mass is 16.6. The zero-order valence-electron chi connectivity index (χ0n) is 21.0. The predicted molar refractivity (Wildman–Crippen MR) is 126 cm³/mol. The molecule has 0 aromatic heterocycles. The Balaban J connectivity index is 1.31. The van der Waals surface area contributed by atoms with Crippen molar-refractivity contribution in [3.05, 3.63) is 0 Å². The first-order valence-corrected chi connectivity index (χ1v) is 14.0. The highest BCUT2D eigenvalue weighted by molar-refractivity contribution is 5.11. The van der Waals surface area contributed by atoms with Gasteiger partial charge >= 0.3 is 0 Å². The molecule has 0 amide bonds. The molecule has 11 atom stereocenters. The van der Waals surface area contributed by atoms with E-state index in [1.54, 1.807) is 12.8 Å². The Morgan fingerprint density at radius 3 is 2.30 bits per heavy atom. The van der Waals surface area contributed by atoms with Crippen molar-refractivity contribution in [2.75, 3.05) is 0 Å². The third kappa shape index (κ3) is 3.18. The SMILES string of the molecule is CCC(C(C)C)C1OC1C(C)C1CCC2C3CCC4CCCCC4(C)C3CCC12C. The maximum atomic E-state index is 6.42. The van der Waals surface area contributed by atoms with Crippen molar-refractivity contribution in [2.45, 2.75) is 124 Å². The molecule has 30 heavy (non-hydrogen) atoms. The van der Waals surface area contributed by atoms with Crippen LogP contribution in [0, 0.1) is 58.2 Å². The van der Waals surface area contributed by atoms with Gasteiger partial charge in [-0.3, -0.25) is 0 Å². The van der Waals surface area contributed by atoms with Gasteiger partial charge in [0.25, 0.3) is 0 Å². The minimum absolute atomic E-state index is 0.556. The van der Waals surface area contributed by atoms with E-state index < -0.39 is 0 Å². The molecule has 0 aromatic rings. The lowest BCUT2D eigenvalue weighted by atomic mass is 9.44. The average Bonchev–Trinajstić information content (AvgIpc) is 3.40. The summed E-state index contributed by atoms with van der Waals surface area (Å²) >= 11 is 0. The molecule has 1 saturated heterocycles. The zero-order chi connectivity index (χ0) is 21.3. The van der Waals surface area contributed by atoms with Crippen molar-refractivity contribution in [1.29, 1.82) is 0 Å². The molecule has 5 rings (SSSR count). The van der Waals surface area contributed by atoms with E-state index in [0.717, 1.165) is 47.3 Å². The number of hydrogen-bond donors (Lipinski definition) is 0. The first-order chi connectivity index (χ1) is 14.3. The van der Waals surface area contributed by atoms with Crippen molar-refractivity contribution in [1.82, 2.24) is 0 Å². The third-order valence-electron chi connectivity index (χ3n) is 12.1. The van der Waals surface area contributed by atoms with Crippen LogP contribution < -0.4 is 0 Å². The van der Waals surface area contributed by atoms with Crippen molar-refractivity contribution >= 4 is 0 Å². The fraction of sp³-hybridized carbons (Fsp3) is 1.00. The second-order valence-electron chi connectivity index (χ2n) is 13.4. The van der Waals surface area contributed by atoms with Gasteiger partial charge in [0.05, 0.1) is 12.2 Å². The number of hydrogen-bond acceptors (Lipinski definition) is 1. The molecule has 0 radical (unpaired) electrons. The molecule has 5 fully saturated rings. The molecule has 0 N–H and O–H groups in total. The zero-order valence-corrected chi connectivity index (χ0v) is 21.0. The van der Waals surface area contributed by atoms with Crippen LogP contribution in [0.2, 0.25) is 0 Å². The molecule has 172 valence electrons. The van der Waals surface area contributed by atoms with Gasteiger partial charge in [0, 0.05) is 0 Å². The van der Waals surface area contributed by atoms with Crippen LogP contribution in [0.3, 0.4) is 0 Å². The van der Waals surface area contributed by atoms with E-state index in [2.05, 4.69) is 41.5 Å². The van der Waals surface area contributed by atoms with Crippen LogP contribution in [0.4, 0.5) is 0 Å². The van der Waals surface area contributed by atoms with Gasteiger partial charge in [-0.15, -0.1) is 0 Å². The molecular formula is C29H50O. The number of ether oxygens (including phenoxy) is 1. The maximum Gasteiger partial charge on any atom is 0.0875 e. The summed E-state index contributed by atoms with van der Waals surface area (Å²) in [5, 5.41) is 0. The molecule has 1 heteroatoms. The van der Waals surface area contributed by atoms with Gasteiger partial charge in [0.2, 0.25) is 0 Å². The topological polar surface area (TPSA) is 12.5 Å². The Morgan fingerprint density at radius 1 is 0.800 bits per heavy atom. The van der Waals surface area contributed by atoms with E-state index in [4.69, 9.17) is 4.74 Å². The molecule has 1 nitrogen and oxygen atoms in total. The summed E-state index contributed by atoms with van der Waals surface area (Å²) < 4.78 is 6.42. The lowest BCUT2D eigenvalue weighted by Gasteiger charge is -2.60. The Hall–Kier alpha value is -0.0400. The second kappa shape index (κ2) is 7.78. The summed E-state index contributed by atoms with van der Waals surface area (Å²) in [5.74, 6) is 7.32. The molecule has 5 aliphatic rings. The van der Waals surface area contributed by atoms with E-state index in [1.807, 2.05) is 0 Å². The molecular weight excluding hydrogens is 364 g/mol. The highest BCUT2D eigenvalue weighted by Gasteiger charge is 2.62. The lowest BCUT2D eigenvalue weighted by molar-refractivity contribution is -0.114. The van der Waals surface area contributed by atoms with Gasteiger partial charge < -0.3 is 4.74 Å². The van der Waals surface area contributed by atoms with Crippen LogP contribution in [0.5, 0.6) is 0 Å². The summed E-state index contributed by atoms with van der Waals surface area (Å²) in [6.07, 6.45) is 17.6. The highest BCUT2D eigenvalue weighted by Crippen LogP contribution is 2.68. The fourth-order valence-corrected chi connectivity index (χ4v) is 10.4. The first kappa shape index (κ1) is 21.8. The summed E-state index contributed by atoms with van der Waals surface area (Å²) in [6, 6.07) is 0. The Labute approximate surface area is 187 Å². The van der Waals surface area contributed by atoms with E-state index in [-0.39, 0.29) is 0 Å². The van der Waals surface area contributed by atoms with Gasteiger partial charge in [-0.05, 0) is 110 Å². The average molecular weight is 415 g/mol. The Kier molecular flexibility index (Phi) is 5.65. The minimum Gasteiger partial charge on any atom is -0.369 e. The molecule has 0 bridgehead atoms. The largest absolute Gasteiger partial charge is 0.369 e. The molecule has 4 aliphatic carbocycles. The van der Waals surface area contributed by atoms with Crippen LogP contribution in [0.15, 0.2) is 0 Å². The summed E-state index contributed by atoms with van der Waals surface area (Å²) in [4.78, 5) is 0. The summed E-state index contributed by atoms with van der Waals surface area (Å²) in [5.41, 5.74) is 1.27. The fourth-order valence-electron chi connectivity index (χ4n) is 10.4.